The summed E-state index contributed by atoms with van der Waals surface area (Å²) in [5, 5.41) is 0. The van der Waals surface area contributed by atoms with Gasteiger partial charge in [-0.1, -0.05) is 30.3 Å². The van der Waals surface area contributed by atoms with Crippen LogP contribution in [0.3, 0.4) is 0 Å². The quantitative estimate of drug-likeness (QED) is 0.679. The lowest BCUT2D eigenvalue weighted by Gasteiger charge is -2.06. The van der Waals surface area contributed by atoms with Gasteiger partial charge in [0.15, 0.2) is 12.1 Å². The van der Waals surface area contributed by atoms with Gasteiger partial charge >= 0.3 is 0 Å². The summed E-state index contributed by atoms with van der Waals surface area (Å²) in [6.07, 6.45) is 8.75. The van der Waals surface area contributed by atoms with Crippen LogP contribution in [-0.2, 0) is 6.54 Å². The van der Waals surface area contributed by atoms with Crippen LogP contribution in [0.15, 0.2) is 55.0 Å². The van der Waals surface area contributed by atoms with Gasteiger partial charge in [0, 0.05) is 18.9 Å². The number of nitrogens with zero attached hydrogens (tertiary/aromatic N) is 3. The van der Waals surface area contributed by atoms with Gasteiger partial charge in [0.2, 0.25) is 0 Å². The third kappa shape index (κ3) is 2.49. The summed E-state index contributed by atoms with van der Waals surface area (Å²) in [6.45, 7) is 0.585. The first-order chi connectivity index (χ1) is 9.86. The van der Waals surface area contributed by atoms with E-state index in [9.17, 15) is 4.79 Å². The predicted octanol–water partition coefficient (Wildman–Crippen LogP) is 2.61. The van der Waals surface area contributed by atoms with Gasteiger partial charge in [-0.05, 0) is 22.8 Å². The van der Waals surface area contributed by atoms with Crippen LogP contribution in [0.25, 0.3) is 11.1 Å². The monoisotopic (exact) mass is 262 g/mol. The molecule has 0 bridgehead atoms. The number of imidazole rings is 1. The summed E-state index contributed by atoms with van der Waals surface area (Å²) >= 11 is 0. The molecule has 0 N–H and O–H groups in total. The Labute approximate surface area is 116 Å². The molecule has 2 heterocycles. The van der Waals surface area contributed by atoms with Crippen molar-refractivity contribution in [1.29, 1.82) is 0 Å². The molecular formula is C16H12N3O. The smallest absolute Gasteiger partial charge is 0.185 e. The molecule has 4 nitrogen and oxygen atoms in total. The van der Waals surface area contributed by atoms with E-state index < -0.39 is 0 Å². The third-order valence-corrected chi connectivity index (χ3v) is 3.08. The van der Waals surface area contributed by atoms with E-state index >= 15 is 0 Å². The number of carbonyl (C=O) groups is 1. The van der Waals surface area contributed by atoms with Gasteiger partial charge in [-0.25, -0.2) is 4.98 Å². The molecule has 0 spiro atoms. The molecule has 2 aromatic heterocycles. The Morgan fingerprint density at radius 3 is 2.70 bits per heavy atom. The first kappa shape index (κ1) is 12.3. The second kappa shape index (κ2) is 5.48. The molecule has 3 rings (SSSR count). The molecule has 0 saturated heterocycles. The van der Waals surface area contributed by atoms with E-state index in [1.54, 1.807) is 10.8 Å². The number of pyridine rings is 1. The third-order valence-electron chi connectivity index (χ3n) is 3.08. The number of benzene rings is 1. The van der Waals surface area contributed by atoms with Crippen molar-refractivity contribution in [3.63, 3.8) is 0 Å². The molecule has 0 aliphatic heterocycles. The lowest BCUT2D eigenvalue weighted by molar-refractivity contribution is 0.111. The van der Waals surface area contributed by atoms with Crippen LogP contribution in [0.5, 0.6) is 0 Å². The molecule has 0 aliphatic carbocycles. The maximum absolute atomic E-state index is 10.8. The number of aromatic nitrogens is 3. The van der Waals surface area contributed by atoms with Crippen LogP contribution in [-0.4, -0.2) is 20.8 Å². The highest BCUT2D eigenvalue weighted by molar-refractivity contribution is 5.69. The summed E-state index contributed by atoms with van der Waals surface area (Å²) in [4.78, 5) is 18.8. The topological polar surface area (TPSA) is 47.8 Å². The largest absolute Gasteiger partial charge is 0.316 e. The zero-order valence-corrected chi connectivity index (χ0v) is 10.7. The van der Waals surface area contributed by atoms with E-state index in [0.717, 1.165) is 23.0 Å². The van der Waals surface area contributed by atoms with E-state index in [0.29, 0.717) is 12.4 Å². The van der Waals surface area contributed by atoms with Crippen LogP contribution in [0.1, 0.15) is 16.2 Å². The van der Waals surface area contributed by atoms with Crippen molar-refractivity contribution in [3.05, 3.63) is 72.6 Å². The van der Waals surface area contributed by atoms with Crippen LogP contribution >= 0.6 is 0 Å². The van der Waals surface area contributed by atoms with Crippen LogP contribution in [0.2, 0.25) is 0 Å². The van der Waals surface area contributed by atoms with Crippen molar-refractivity contribution in [1.82, 2.24) is 14.5 Å². The fourth-order valence-corrected chi connectivity index (χ4v) is 2.04. The molecule has 97 valence electrons. The molecule has 4 heteroatoms. The van der Waals surface area contributed by atoms with Gasteiger partial charge in [-0.2, -0.15) is 0 Å². The maximum atomic E-state index is 10.8. The minimum absolute atomic E-state index is 0.390. The number of aldehydes is 1. The first-order valence-corrected chi connectivity index (χ1v) is 6.24. The maximum Gasteiger partial charge on any atom is 0.185 e. The van der Waals surface area contributed by atoms with Gasteiger partial charge in [0.25, 0.3) is 0 Å². The van der Waals surface area contributed by atoms with Gasteiger partial charge in [-0.15, -0.1) is 0 Å². The standard InChI is InChI=1S/C16H12N3O/c20-12-16-18-8-9-19(16)11-13-3-5-14(6-4-13)15-2-1-7-17-10-15/h1-8,10,12H,11H2. The lowest BCUT2D eigenvalue weighted by atomic mass is 10.1. The summed E-state index contributed by atoms with van der Waals surface area (Å²) in [6, 6.07) is 12.1. The molecule has 0 saturated carbocycles. The van der Waals surface area contributed by atoms with Gasteiger partial charge in [0.05, 0.1) is 12.4 Å². The normalized spacial score (nSPS) is 10.4. The zero-order chi connectivity index (χ0) is 13.8. The predicted molar refractivity (Wildman–Crippen MR) is 75.2 cm³/mol. The van der Waals surface area contributed by atoms with E-state index in [1.807, 2.05) is 42.6 Å². The molecule has 0 unspecified atom stereocenters. The molecule has 0 aliphatic rings. The first-order valence-electron chi connectivity index (χ1n) is 6.24. The molecular weight excluding hydrogens is 250 g/mol. The number of hydrogen-bond acceptors (Lipinski definition) is 3. The summed E-state index contributed by atoms with van der Waals surface area (Å²) < 4.78 is 1.70. The Hall–Kier alpha value is -2.75. The van der Waals surface area contributed by atoms with Crippen LogP contribution in [0.4, 0.5) is 0 Å². The van der Waals surface area contributed by atoms with Crippen molar-refractivity contribution >= 4 is 6.29 Å². The molecule has 3 aromatic rings. The molecule has 20 heavy (non-hydrogen) atoms. The average molecular weight is 262 g/mol. The number of hydrogen-bond donors (Lipinski definition) is 0. The molecule has 0 amide bonds. The van der Waals surface area contributed by atoms with Gasteiger partial charge < -0.3 is 4.57 Å². The fraction of sp³-hybridized carbons (Fsp3) is 0.0625. The highest BCUT2D eigenvalue weighted by Crippen LogP contribution is 2.18. The van der Waals surface area contributed by atoms with Crippen LogP contribution in [0, 0.1) is 6.20 Å². The molecule has 0 atom stereocenters. The van der Waals surface area contributed by atoms with Crippen molar-refractivity contribution in [2.45, 2.75) is 6.54 Å². The highest BCUT2D eigenvalue weighted by Gasteiger charge is 2.03. The van der Waals surface area contributed by atoms with Gasteiger partial charge in [-0.3, -0.25) is 9.78 Å². The summed E-state index contributed by atoms with van der Waals surface area (Å²) in [7, 11) is 0. The van der Waals surface area contributed by atoms with E-state index in [4.69, 9.17) is 0 Å². The zero-order valence-electron chi connectivity index (χ0n) is 10.7. The van der Waals surface area contributed by atoms with Crippen molar-refractivity contribution < 1.29 is 4.79 Å². The van der Waals surface area contributed by atoms with E-state index in [1.165, 1.54) is 6.20 Å². The van der Waals surface area contributed by atoms with Crippen molar-refractivity contribution in [3.8, 4) is 11.1 Å². The van der Waals surface area contributed by atoms with E-state index in [-0.39, 0.29) is 0 Å². The van der Waals surface area contributed by atoms with E-state index in [2.05, 4.69) is 16.2 Å². The minimum atomic E-state index is 0.390. The highest BCUT2D eigenvalue weighted by atomic mass is 16.1. The Kier molecular flexibility index (Phi) is 3.37. The molecule has 1 aromatic carbocycles. The van der Waals surface area contributed by atoms with Crippen molar-refractivity contribution in [2.24, 2.45) is 0 Å². The Balaban J connectivity index is 1.82. The number of rotatable bonds is 4. The number of carbonyl (C=O) groups excluding carboxylic acids is 1. The average Bonchev–Trinajstić information content (AvgIpc) is 2.96. The van der Waals surface area contributed by atoms with Crippen molar-refractivity contribution in [2.75, 3.05) is 0 Å². The van der Waals surface area contributed by atoms with Gasteiger partial charge in [0.1, 0.15) is 0 Å². The fourth-order valence-electron chi connectivity index (χ4n) is 2.04. The minimum Gasteiger partial charge on any atom is -0.316 e. The second-order valence-corrected chi connectivity index (χ2v) is 4.39. The molecule has 1 radical (unpaired) electrons. The lowest BCUT2D eigenvalue weighted by Crippen LogP contribution is -2.03. The van der Waals surface area contributed by atoms with Crippen LogP contribution < -0.4 is 0 Å². The summed E-state index contributed by atoms with van der Waals surface area (Å²) in [5.74, 6) is 0.390. The Bertz CT molecular complexity index is 702. The second-order valence-electron chi connectivity index (χ2n) is 4.39. The Morgan fingerprint density at radius 1 is 1.15 bits per heavy atom. The SMILES string of the molecule is O=Cc1nc[c]n1Cc1ccc(-c2cccnc2)cc1. The Morgan fingerprint density at radius 2 is 2.00 bits per heavy atom. The summed E-state index contributed by atoms with van der Waals surface area (Å²) in [5.41, 5.74) is 3.30. The molecule has 0 fully saturated rings.